The lowest BCUT2D eigenvalue weighted by molar-refractivity contribution is -0.120. The lowest BCUT2D eigenvalue weighted by Gasteiger charge is -2.08. The average Bonchev–Trinajstić information content (AvgIpc) is 3.06. The van der Waals surface area contributed by atoms with Gasteiger partial charge in [0.25, 0.3) is 5.91 Å². The zero-order valence-corrected chi connectivity index (χ0v) is 11.6. The molecule has 3 rings (SSSR count). The molecule has 2 amide bonds. The summed E-state index contributed by atoms with van der Waals surface area (Å²) in [5.41, 5.74) is 1.93. The van der Waals surface area contributed by atoms with Crippen LogP contribution in [0, 0.1) is 6.92 Å². The second-order valence-corrected chi connectivity index (χ2v) is 5.03. The Kier molecular flexibility index (Phi) is 3.43. The Morgan fingerprint density at radius 3 is 2.76 bits per heavy atom. The number of aromatic nitrogens is 2. The number of H-pyrrole nitrogens is 1. The standard InChI is InChI=1S/C15H16N4O2/c1-9-12(15(21)18-11-7-8-16-14(11)20)19-13(17-9)10-5-3-2-4-6-10/h2-6,11H,7-8H2,1H3,(H,16,20)(H,17,19)(H,18,21)/t11-/m1/s1. The van der Waals surface area contributed by atoms with E-state index in [9.17, 15) is 9.59 Å². The summed E-state index contributed by atoms with van der Waals surface area (Å²) >= 11 is 0. The van der Waals surface area contributed by atoms with Crippen LogP contribution in [0.25, 0.3) is 11.4 Å². The van der Waals surface area contributed by atoms with Gasteiger partial charge < -0.3 is 15.6 Å². The van der Waals surface area contributed by atoms with Crippen LogP contribution in [0.2, 0.25) is 0 Å². The number of nitrogens with zero attached hydrogens (tertiary/aromatic N) is 1. The van der Waals surface area contributed by atoms with E-state index in [1.165, 1.54) is 0 Å². The topological polar surface area (TPSA) is 86.9 Å². The molecule has 2 aromatic rings. The van der Waals surface area contributed by atoms with Crippen molar-refractivity contribution < 1.29 is 9.59 Å². The summed E-state index contributed by atoms with van der Waals surface area (Å²) in [7, 11) is 0. The summed E-state index contributed by atoms with van der Waals surface area (Å²) in [5, 5.41) is 5.41. The van der Waals surface area contributed by atoms with Crippen molar-refractivity contribution in [2.75, 3.05) is 6.54 Å². The molecule has 0 unspecified atom stereocenters. The Morgan fingerprint density at radius 2 is 2.10 bits per heavy atom. The van der Waals surface area contributed by atoms with Gasteiger partial charge in [0.1, 0.15) is 17.6 Å². The van der Waals surface area contributed by atoms with Crippen LogP contribution in [-0.4, -0.2) is 34.4 Å². The minimum Gasteiger partial charge on any atom is -0.354 e. The van der Waals surface area contributed by atoms with Crippen molar-refractivity contribution in [3.8, 4) is 11.4 Å². The van der Waals surface area contributed by atoms with E-state index in [2.05, 4.69) is 20.6 Å². The second kappa shape index (κ2) is 5.40. The van der Waals surface area contributed by atoms with Gasteiger partial charge >= 0.3 is 0 Å². The average molecular weight is 284 g/mol. The molecule has 1 aliphatic heterocycles. The van der Waals surface area contributed by atoms with Crippen LogP contribution < -0.4 is 10.6 Å². The molecule has 0 bridgehead atoms. The molecule has 6 nitrogen and oxygen atoms in total. The summed E-state index contributed by atoms with van der Waals surface area (Å²) in [6, 6.07) is 9.13. The third kappa shape index (κ3) is 2.65. The van der Waals surface area contributed by atoms with Gasteiger partial charge in [0.05, 0.1) is 0 Å². The number of benzene rings is 1. The third-order valence-electron chi connectivity index (χ3n) is 3.50. The number of aromatic amines is 1. The highest BCUT2D eigenvalue weighted by atomic mass is 16.2. The number of rotatable bonds is 3. The zero-order chi connectivity index (χ0) is 14.8. The smallest absolute Gasteiger partial charge is 0.272 e. The van der Waals surface area contributed by atoms with Gasteiger partial charge in [-0.25, -0.2) is 4.98 Å². The first-order valence-corrected chi connectivity index (χ1v) is 6.86. The largest absolute Gasteiger partial charge is 0.354 e. The molecule has 1 fully saturated rings. The lowest BCUT2D eigenvalue weighted by atomic mass is 10.2. The van der Waals surface area contributed by atoms with E-state index < -0.39 is 6.04 Å². The molecule has 6 heteroatoms. The molecule has 1 atom stereocenters. The third-order valence-corrected chi connectivity index (χ3v) is 3.50. The van der Waals surface area contributed by atoms with E-state index in [1.54, 1.807) is 6.92 Å². The number of carbonyl (C=O) groups is 2. The van der Waals surface area contributed by atoms with Crippen LogP contribution in [0.5, 0.6) is 0 Å². The SMILES string of the molecule is Cc1[nH]c(-c2ccccc2)nc1C(=O)N[C@@H]1CCNC1=O. The van der Waals surface area contributed by atoms with Gasteiger partial charge in [0.2, 0.25) is 5.91 Å². The minimum absolute atomic E-state index is 0.139. The maximum atomic E-state index is 12.2. The molecule has 1 aliphatic rings. The number of carbonyl (C=O) groups excluding carboxylic acids is 2. The predicted molar refractivity (Wildman–Crippen MR) is 77.6 cm³/mol. The van der Waals surface area contributed by atoms with E-state index in [0.717, 1.165) is 5.56 Å². The molecule has 1 saturated heterocycles. The van der Waals surface area contributed by atoms with Gasteiger partial charge in [-0.2, -0.15) is 0 Å². The van der Waals surface area contributed by atoms with Crippen LogP contribution in [-0.2, 0) is 4.79 Å². The van der Waals surface area contributed by atoms with Crippen LogP contribution in [0.15, 0.2) is 30.3 Å². The van der Waals surface area contributed by atoms with Gasteiger partial charge in [-0.05, 0) is 13.3 Å². The quantitative estimate of drug-likeness (QED) is 0.786. The van der Waals surface area contributed by atoms with Crippen molar-refractivity contribution in [3.05, 3.63) is 41.7 Å². The highest BCUT2D eigenvalue weighted by Gasteiger charge is 2.27. The molecule has 3 N–H and O–H groups in total. The number of nitrogens with one attached hydrogen (secondary N) is 3. The summed E-state index contributed by atoms with van der Waals surface area (Å²) in [6.45, 7) is 2.39. The molecule has 1 aromatic carbocycles. The molecule has 21 heavy (non-hydrogen) atoms. The normalized spacial score (nSPS) is 17.6. The molecule has 0 spiro atoms. The van der Waals surface area contributed by atoms with Crippen molar-refractivity contribution in [3.63, 3.8) is 0 Å². The van der Waals surface area contributed by atoms with Gasteiger partial charge in [0.15, 0.2) is 0 Å². The van der Waals surface area contributed by atoms with Crippen molar-refractivity contribution in [2.24, 2.45) is 0 Å². The molecule has 108 valence electrons. The number of amides is 2. The fourth-order valence-corrected chi connectivity index (χ4v) is 2.37. The first-order valence-electron chi connectivity index (χ1n) is 6.86. The fraction of sp³-hybridized carbons (Fsp3) is 0.267. The van der Waals surface area contributed by atoms with Crippen LogP contribution in [0.1, 0.15) is 22.6 Å². The van der Waals surface area contributed by atoms with Crippen molar-refractivity contribution in [1.29, 1.82) is 0 Å². The van der Waals surface area contributed by atoms with Crippen LogP contribution >= 0.6 is 0 Å². The van der Waals surface area contributed by atoms with Crippen molar-refractivity contribution in [2.45, 2.75) is 19.4 Å². The van der Waals surface area contributed by atoms with Gasteiger partial charge in [-0.15, -0.1) is 0 Å². The lowest BCUT2D eigenvalue weighted by Crippen LogP contribution is -2.40. The van der Waals surface area contributed by atoms with E-state index in [4.69, 9.17) is 0 Å². The molecule has 1 aromatic heterocycles. The summed E-state index contributed by atoms with van der Waals surface area (Å²) in [5.74, 6) is 0.182. The van der Waals surface area contributed by atoms with Gasteiger partial charge in [-0.3, -0.25) is 9.59 Å². The second-order valence-electron chi connectivity index (χ2n) is 5.03. The predicted octanol–water partition coefficient (Wildman–Crippen LogP) is 1.00. The number of hydrogen-bond donors (Lipinski definition) is 3. The molecule has 2 heterocycles. The summed E-state index contributed by atoms with van der Waals surface area (Å²) in [4.78, 5) is 31.2. The Bertz CT molecular complexity index is 678. The van der Waals surface area contributed by atoms with E-state index in [1.807, 2.05) is 30.3 Å². The van der Waals surface area contributed by atoms with Gasteiger partial charge in [-0.1, -0.05) is 30.3 Å². The molecular weight excluding hydrogens is 268 g/mol. The zero-order valence-electron chi connectivity index (χ0n) is 11.6. The van der Waals surface area contributed by atoms with E-state index in [-0.39, 0.29) is 11.8 Å². The first kappa shape index (κ1) is 13.4. The Labute approximate surface area is 122 Å². The molecule has 0 radical (unpaired) electrons. The van der Waals surface area contributed by atoms with Crippen LogP contribution in [0.4, 0.5) is 0 Å². The molecule has 0 aliphatic carbocycles. The maximum absolute atomic E-state index is 12.2. The summed E-state index contributed by atoms with van der Waals surface area (Å²) in [6.07, 6.45) is 0.611. The van der Waals surface area contributed by atoms with E-state index >= 15 is 0 Å². The molecule has 0 saturated carbocycles. The number of aryl methyl sites for hydroxylation is 1. The highest BCUT2D eigenvalue weighted by molar-refractivity contribution is 5.97. The van der Waals surface area contributed by atoms with Crippen molar-refractivity contribution >= 4 is 11.8 Å². The fourth-order valence-electron chi connectivity index (χ4n) is 2.37. The Balaban J connectivity index is 1.81. The highest BCUT2D eigenvalue weighted by Crippen LogP contribution is 2.17. The maximum Gasteiger partial charge on any atom is 0.272 e. The Hall–Kier alpha value is -2.63. The Morgan fingerprint density at radius 1 is 1.33 bits per heavy atom. The van der Waals surface area contributed by atoms with Crippen molar-refractivity contribution in [1.82, 2.24) is 20.6 Å². The van der Waals surface area contributed by atoms with Gasteiger partial charge in [0, 0.05) is 17.8 Å². The molecular formula is C15H16N4O2. The number of hydrogen-bond acceptors (Lipinski definition) is 3. The minimum atomic E-state index is -0.464. The number of imidazole rings is 1. The van der Waals surface area contributed by atoms with Crippen LogP contribution in [0.3, 0.4) is 0 Å². The monoisotopic (exact) mass is 284 g/mol. The first-order chi connectivity index (χ1) is 10.1. The summed E-state index contributed by atoms with van der Waals surface area (Å²) < 4.78 is 0. The van der Waals surface area contributed by atoms with E-state index in [0.29, 0.717) is 30.2 Å².